The number of hydrogen-bond donors (Lipinski definition) is 2. The van der Waals surface area contributed by atoms with E-state index in [0.717, 1.165) is 56.0 Å². The molecule has 31 heavy (non-hydrogen) atoms. The Morgan fingerprint density at radius 1 is 1.32 bits per heavy atom. The molecule has 0 spiro atoms. The third-order valence-electron chi connectivity index (χ3n) is 6.15. The maximum atomic E-state index is 12.9. The second-order valence-electron chi connectivity index (χ2n) is 8.29. The summed E-state index contributed by atoms with van der Waals surface area (Å²) in [5, 5.41) is 3.16. The molecular weight excluding hydrogens is 412 g/mol. The molecule has 0 radical (unpaired) electrons. The molecule has 1 saturated heterocycles. The average molecular weight is 439 g/mol. The molecule has 2 unspecified atom stereocenters. The number of thiophene rings is 1. The van der Waals surface area contributed by atoms with Crippen LogP contribution in [0, 0.1) is 6.92 Å². The molecule has 8 nitrogen and oxygen atoms in total. The second-order valence-corrected chi connectivity index (χ2v) is 9.29. The summed E-state index contributed by atoms with van der Waals surface area (Å²) in [6.07, 6.45) is 5.47. The van der Waals surface area contributed by atoms with Crippen LogP contribution in [-0.4, -0.2) is 53.2 Å². The van der Waals surface area contributed by atoms with Crippen LogP contribution in [0.15, 0.2) is 18.3 Å². The molecule has 5 rings (SSSR count). The monoisotopic (exact) mass is 438 g/mol. The lowest BCUT2D eigenvalue weighted by molar-refractivity contribution is 0.0938. The van der Waals surface area contributed by atoms with Gasteiger partial charge in [0.25, 0.3) is 5.91 Å². The number of nitrogen functional groups attached to an aromatic ring is 1. The standard InChI is InChI=1S/C22H26N6O2S/c1-12-10-24-19-18(23)20(31-22(19)25-12)21(29)26-14-4-5-16-13(9-14)3-6-17(27-16)28-8-7-15(11-28)30-2/h3,6,10,14-15H,4-5,7-9,11,23H2,1-2H3,(H,26,29). The highest BCUT2D eigenvalue weighted by atomic mass is 32.1. The Labute approximate surface area is 184 Å². The number of amides is 1. The highest BCUT2D eigenvalue weighted by Crippen LogP contribution is 2.31. The van der Waals surface area contributed by atoms with Crippen molar-refractivity contribution < 1.29 is 9.53 Å². The molecule has 1 amide bonds. The van der Waals surface area contributed by atoms with E-state index >= 15 is 0 Å². The van der Waals surface area contributed by atoms with Gasteiger partial charge in [0.2, 0.25) is 0 Å². The first-order valence-electron chi connectivity index (χ1n) is 10.6. The van der Waals surface area contributed by atoms with E-state index in [0.29, 0.717) is 20.9 Å². The van der Waals surface area contributed by atoms with Gasteiger partial charge in [-0.1, -0.05) is 6.07 Å². The molecule has 2 atom stereocenters. The van der Waals surface area contributed by atoms with Crippen LogP contribution in [-0.2, 0) is 17.6 Å². The molecule has 3 aromatic rings. The Kier molecular flexibility index (Phi) is 5.23. The number of fused-ring (bicyclic) bond motifs is 2. The van der Waals surface area contributed by atoms with Gasteiger partial charge in [-0.15, -0.1) is 11.3 Å². The number of carbonyl (C=O) groups excluding carboxylic acids is 1. The summed E-state index contributed by atoms with van der Waals surface area (Å²) in [5.41, 5.74) is 10.3. The summed E-state index contributed by atoms with van der Waals surface area (Å²) in [7, 11) is 1.77. The van der Waals surface area contributed by atoms with Gasteiger partial charge in [-0.05, 0) is 44.2 Å². The van der Waals surface area contributed by atoms with Gasteiger partial charge in [-0.3, -0.25) is 4.79 Å². The topological polar surface area (TPSA) is 106 Å². The molecule has 3 N–H and O–H groups in total. The average Bonchev–Trinajstić information content (AvgIpc) is 3.38. The summed E-state index contributed by atoms with van der Waals surface area (Å²) < 4.78 is 5.47. The summed E-state index contributed by atoms with van der Waals surface area (Å²) in [5.74, 6) is 0.870. The number of hydrogen-bond acceptors (Lipinski definition) is 8. The van der Waals surface area contributed by atoms with Crippen molar-refractivity contribution in [3.8, 4) is 0 Å². The minimum Gasteiger partial charge on any atom is -0.396 e. The van der Waals surface area contributed by atoms with E-state index in [4.69, 9.17) is 15.5 Å². The number of pyridine rings is 1. The third-order valence-corrected chi connectivity index (χ3v) is 7.24. The first-order chi connectivity index (χ1) is 15.0. The van der Waals surface area contributed by atoms with Crippen LogP contribution in [0.3, 0.4) is 0 Å². The quantitative estimate of drug-likeness (QED) is 0.644. The molecule has 1 fully saturated rings. The molecule has 4 heterocycles. The molecule has 0 saturated carbocycles. The fourth-order valence-corrected chi connectivity index (χ4v) is 5.42. The van der Waals surface area contributed by atoms with Gasteiger partial charge in [-0.25, -0.2) is 15.0 Å². The van der Waals surface area contributed by atoms with E-state index in [9.17, 15) is 4.79 Å². The molecule has 162 valence electrons. The summed E-state index contributed by atoms with van der Waals surface area (Å²) in [6.45, 7) is 3.74. The number of nitrogens with one attached hydrogen (secondary N) is 1. The number of aromatic nitrogens is 3. The van der Waals surface area contributed by atoms with Crippen LogP contribution in [0.5, 0.6) is 0 Å². The van der Waals surface area contributed by atoms with E-state index in [1.165, 1.54) is 16.9 Å². The molecule has 3 aromatic heterocycles. The minimum atomic E-state index is -0.152. The van der Waals surface area contributed by atoms with Crippen molar-refractivity contribution in [2.45, 2.75) is 44.8 Å². The SMILES string of the molecule is COC1CCN(c2ccc3c(n2)CCC(NC(=O)c2sc4nc(C)cnc4c2N)C3)C1. The lowest BCUT2D eigenvalue weighted by Gasteiger charge is -2.26. The molecule has 1 aliphatic heterocycles. The Morgan fingerprint density at radius 2 is 2.19 bits per heavy atom. The molecule has 0 bridgehead atoms. The van der Waals surface area contributed by atoms with Crippen LogP contribution in [0.25, 0.3) is 10.3 Å². The molecule has 9 heteroatoms. The van der Waals surface area contributed by atoms with Gasteiger partial charge in [0.05, 0.1) is 17.5 Å². The number of ether oxygens (including phenoxy) is 1. The van der Waals surface area contributed by atoms with Gasteiger partial charge in [0.15, 0.2) is 0 Å². The fourth-order valence-electron chi connectivity index (χ4n) is 4.42. The van der Waals surface area contributed by atoms with Crippen molar-refractivity contribution in [3.63, 3.8) is 0 Å². The number of nitrogens with zero attached hydrogens (tertiary/aromatic N) is 4. The third kappa shape index (κ3) is 3.83. The first kappa shape index (κ1) is 20.1. The van der Waals surface area contributed by atoms with Gasteiger partial charge in [0, 0.05) is 38.1 Å². The number of anilines is 2. The molecule has 1 aliphatic carbocycles. The zero-order chi connectivity index (χ0) is 21.5. The summed E-state index contributed by atoms with van der Waals surface area (Å²) >= 11 is 1.30. The van der Waals surface area contributed by atoms with Crippen LogP contribution in [0.4, 0.5) is 11.5 Å². The number of rotatable bonds is 4. The predicted octanol–water partition coefficient (Wildman–Crippen LogP) is 2.49. The number of carbonyl (C=O) groups is 1. The predicted molar refractivity (Wildman–Crippen MR) is 122 cm³/mol. The van der Waals surface area contributed by atoms with Crippen LogP contribution >= 0.6 is 11.3 Å². The van der Waals surface area contributed by atoms with E-state index < -0.39 is 0 Å². The number of methoxy groups -OCH3 is 1. The van der Waals surface area contributed by atoms with Gasteiger partial charge in [-0.2, -0.15) is 0 Å². The summed E-state index contributed by atoms with van der Waals surface area (Å²) in [4.78, 5) is 30.1. The highest BCUT2D eigenvalue weighted by Gasteiger charge is 2.27. The zero-order valence-corrected chi connectivity index (χ0v) is 18.5. The lowest BCUT2D eigenvalue weighted by Crippen LogP contribution is -2.39. The van der Waals surface area contributed by atoms with Crippen LogP contribution < -0.4 is 16.0 Å². The Bertz CT molecular complexity index is 1150. The maximum absolute atomic E-state index is 12.9. The molecular formula is C22H26N6O2S. The Morgan fingerprint density at radius 3 is 3.00 bits per heavy atom. The van der Waals surface area contributed by atoms with Crippen molar-refractivity contribution in [2.24, 2.45) is 0 Å². The molecule has 2 aliphatic rings. The smallest absolute Gasteiger partial charge is 0.263 e. The normalized spacial score (nSPS) is 20.8. The van der Waals surface area contributed by atoms with Crippen molar-refractivity contribution in [3.05, 3.63) is 40.2 Å². The largest absolute Gasteiger partial charge is 0.396 e. The second kappa shape index (κ2) is 8.05. The number of aryl methyl sites for hydroxylation is 2. The summed E-state index contributed by atoms with van der Waals surface area (Å²) in [6, 6.07) is 4.30. The Hall–Kier alpha value is -2.78. The van der Waals surface area contributed by atoms with Crippen LogP contribution in [0.1, 0.15) is 39.5 Å². The van der Waals surface area contributed by atoms with Crippen molar-refractivity contribution in [1.82, 2.24) is 20.3 Å². The van der Waals surface area contributed by atoms with Gasteiger partial charge < -0.3 is 20.7 Å². The van der Waals surface area contributed by atoms with E-state index in [1.54, 1.807) is 13.3 Å². The van der Waals surface area contributed by atoms with Gasteiger partial charge >= 0.3 is 0 Å². The Balaban J connectivity index is 1.28. The maximum Gasteiger partial charge on any atom is 0.263 e. The van der Waals surface area contributed by atoms with Crippen molar-refractivity contribution in [2.75, 3.05) is 30.8 Å². The van der Waals surface area contributed by atoms with E-state index in [1.807, 2.05) is 6.92 Å². The minimum absolute atomic E-state index is 0.0598. The van der Waals surface area contributed by atoms with Crippen molar-refractivity contribution >= 4 is 39.1 Å². The highest BCUT2D eigenvalue weighted by molar-refractivity contribution is 7.21. The molecule has 0 aromatic carbocycles. The lowest BCUT2D eigenvalue weighted by atomic mass is 9.91. The van der Waals surface area contributed by atoms with E-state index in [-0.39, 0.29) is 18.1 Å². The van der Waals surface area contributed by atoms with Crippen molar-refractivity contribution in [1.29, 1.82) is 0 Å². The van der Waals surface area contributed by atoms with Gasteiger partial charge in [0.1, 0.15) is 21.0 Å². The zero-order valence-electron chi connectivity index (χ0n) is 17.7. The fraction of sp³-hybridized carbons (Fsp3) is 0.455. The van der Waals surface area contributed by atoms with E-state index in [2.05, 4.69) is 32.3 Å². The van der Waals surface area contributed by atoms with Crippen LogP contribution in [0.2, 0.25) is 0 Å². The number of nitrogens with two attached hydrogens (primary N) is 1. The first-order valence-corrected chi connectivity index (χ1v) is 11.4.